The van der Waals surface area contributed by atoms with E-state index in [9.17, 15) is 9.59 Å². The Kier molecular flexibility index (Phi) is 7.17. The lowest BCUT2D eigenvalue weighted by Gasteiger charge is -2.37. The Morgan fingerprint density at radius 2 is 1.73 bits per heavy atom. The second-order valence-corrected chi connectivity index (χ2v) is 10.1. The molecule has 1 atom stereocenters. The monoisotopic (exact) mass is 522 g/mol. The van der Waals surface area contributed by atoms with Crippen LogP contribution in [0.25, 0.3) is 11.2 Å². The predicted molar refractivity (Wildman–Crippen MR) is 145 cm³/mol. The fourth-order valence-corrected chi connectivity index (χ4v) is 5.35. The number of imidazole rings is 1. The van der Waals surface area contributed by atoms with E-state index >= 15 is 0 Å². The summed E-state index contributed by atoms with van der Waals surface area (Å²) in [6.45, 7) is 5.79. The molecular formula is C25H30N8O3S. The molecule has 0 saturated carbocycles. The van der Waals surface area contributed by atoms with E-state index in [-0.39, 0.29) is 5.92 Å². The summed E-state index contributed by atoms with van der Waals surface area (Å²) in [5.74, 6) is 2.52. The van der Waals surface area contributed by atoms with Crippen molar-refractivity contribution in [2.45, 2.75) is 18.6 Å². The lowest BCUT2D eigenvalue weighted by atomic mass is 10.2. The minimum absolute atomic E-state index is 0.196. The van der Waals surface area contributed by atoms with Gasteiger partial charge in [0.2, 0.25) is 5.95 Å². The second kappa shape index (κ2) is 10.7. The molecule has 1 fully saturated rings. The maximum Gasteiger partial charge on any atom is 0.329 e. The molecule has 4 aromatic rings. The number of hydrogen-bond acceptors (Lipinski definition) is 9. The lowest BCUT2D eigenvalue weighted by molar-refractivity contribution is 0.415. The summed E-state index contributed by atoms with van der Waals surface area (Å²) in [5.41, 5.74) is 1.07. The van der Waals surface area contributed by atoms with E-state index in [1.807, 2.05) is 16.7 Å². The molecule has 3 aromatic heterocycles. The zero-order valence-electron chi connectivity index (χ0n) is 21.1. The highest BCUT2D eigenvalue weighted by Gasteiger charge is 2.26. The quantitative estimate of drug-likeness (QED) is 0.274. The third-order valence-corrected chi connectivity index (χ3v) is 7.73. The molecule has 5 rings (SSSR count). The topological polar surface area (TPSA) is 114 Å². The van der Waals surface area contributed by atoms with Gasteiger partial charge in [0.05, 0.1) is 7.11 Å². The van der Waals surface area contributed by atoms with Crippen molar-refractivity contribution >= 4 is 34.6 Å². The van der Waals surface area contributed by atoms with Crippen LogP contribution in [0.4, 0.5) is 11.6 Å². The third-order valence-electron chi connectivity index (χ3n) is 6.52. The van der Waals surface area contributed by atoms with Gasteiger partial charge in [0.15, 0.2) is 16.3 Å². The van der Waals surface area contributed by atoms with Crippen LogP contribution in [0.5, 0.6) is 5.75 Å². The number of benzene rings is 1. The summed E-state index contributed by atoms with van der Waals surface area (Å²) in [6.07, 6.45) is 3.46. The molecule has 1 unspecified atom stereocenters. The summed E-state index contributed by atoms with van der Waals surface area (Å²) in [6, 6.07) is 9.85. The van der Waals surface area contributed by atoms with Crippen molar-refractivity contribution in [3.63, 3.8) is 0 Å². The van der Waals surface area contributed by atoms with E-state index in [1.54, 1.807) is 44.4 Å². The zero-order chi connectivity index (χ0) is 25.9. The standard InChI is InChI=1S/C25H30N8O3S/c1-17(16-37-23-26-9-4-10-27-23)15-33-20-21(30(2)25(35)29-22(20)34)28-24(33)32-13-11-31(12-14-32)18-5-7-19(36-3)8-6-18/h4-10,17H,11-16H2,1-3H3,(H,29,34,35). The molecule has 0 amide bonds. The Balaban J connectivity index is 1.40. The van der Waals surface area contributed by atoms with Crippen molar-refractivity contribution in [2.75, 3.05) is 48.8 Å². The van der Waals surface area contributed by atoms with Gasteiger partial charge in [0.1, 0.15) is 5.75 Å². The highest BCUT2D eigenvalue weighted by molar-refractivity contribution is 7.99. The van der Waals surface area contributed by atoms with Crippen molar-refractivity contribution in [2.24, 2.45) is 13.0 Å². The highest BCUT2D eigenvalue weighted by atomic mass is 32.2. The molecule has 37 heavy (non-hydrogen) atoms. The van der Waals surface area contributed by atoms with E-state index < -0.39 is 11.2 Å². The molecule has 1 aromatic carbocycles. The van der Waals surface area contributed by atoms with Gasteiger partial charge in [0.25, 0.3) is 5.56 Å². The number of anilines is 2. The molecular weight excluding hydrogens is 492 g/mol. The van der Waals surface area contributed by atoms with Gasteiger partial charge in [-0.2, -0.15) is 4.98 Å². The number of methoxy groups -OCH3 is 1. The van der Waals surface area contributed by atoms with Gasteiger partial charge < -0.3 is 19.1 Å². The molecule has 0 bridgehead atoms. The Hall–Kier alpha value is -3.80. The zero-order valence-corrected chi connectivity index (χ0v) is 21.9. The maximum absolute atomic E-state index is 12.9. The summed E-state index contributed by atoms with van der Waals surface area (Å²) in [4.78, 5) is 45.6. The number of aromatic nitrogens is 6. The van der Waals surface area contributed by atoms with E-state index in [0.717, 1.165) is 48.5 Å². The highest BCUT2D eigenvalue weighted by Crippen LogP contribution is 2.26. The number of thioether (sulfide) groups is 1. The largest absolute Gasteiger partial charge is 0.497 e. The van der Waals surface area contributed by atoms with Crippen molar-refractivity contribution in [1.82, 2.24) is 29.1 Å². The van der Waals surface area contributed by atoms with Crippen molar-refractivity contribution in [1.29, 1.82) is 0 Å². The maximum atomic E-state index is 12.9. The number of aryl methyl sites for hydroxylation is 1. The van der Waals surface area contributed by atoms with Gasteiger partial charge in [-0.1, -0.05) is 18.7 Å². The molecule has 1 aliphatic heterocycles. The van der Waals surface area contributed by atoms with Crippen LogP contribution in [-0.2, 0) is 13.6 Å². The van der Waals surface area contributed by atoms with Crippen molar-refractivity contribution in [3.05, 3.63) is 63.6 Å². The van der Waals surface area contributed by atoms with Gasteiger partial charge in [-0.25, -0.2) is 14.8 Å². The lowest BCUT2D eigenvalue weighted by Crippen LogP contribution is -2.47. The fourth-order valence-electron chi connectivity index (χ4n) is 4.54. The summed E-state index contributed by atoms with van der Waals surface area (Å²) in [7, 11) is 3.30. The van der Waals surface area contributed by atoms with E-state index in [2.05, 4.69) is 43.8 Å². The number of fused-ring (bicyclic) bond motifs is 1. The number of ether oxygens (including phenoxy) is 1. The van der Waals surface area contributed by atoms with E-state index in [0.29, 0.717) is 23.7 Å². The first-order valence-electron chi connectivity index (χ1n) is 12.2. The normalized spacial score (nSPS) is 14.8. The van der Waals surface area contributed by atoms with Crippen LogP contribution >= 0.6 is 11.8 Å². The van der Waals surface area contributed by atoms with Crippen LogP contribution in [0.15, 0.2) is 57.5 Å². The molecule has 1 N–H and O–H groups in total. The number of piperazine rings is 1. The van der Waals surface area contributed by atoms with E-state index in [1.165, 1.54) is 4.57 Å². The van der Waals surface area contributed by atoms with Crippen LogP contribution in [0, 0.1) is 5.92 Å². The number of nitrogens with zero attached hydrogens (tertiary/aromatic N) is 7. The van der Waals surface area contributed by atoms with Gasteiger partial charge in [0, 0.05) is 63.6 Å². The van der Waals surface area contributed by atoms with Crippen LogP contribution in [0.3, 0.4) is 0 Å². The second-order valence-electron chi connectivity index (χ2n) is 9.13. The Bertz CT molecular complexity index is 1470. The Morgan fingerprint density at radius 3 is 2.41 bits per heavy atom. The molecule has 1 aliphatic rings. The number of H-pyrrole nitrogens is 1. The summed E-state index contributed by atoms with van der Waals surface area (Å²) < 4.78 is 8.65. The summed E-state index contributed by atoms with van der Waals surface area (Å²) in [5, 5.41) is 0.722. The average Bonchev–Trinajstić information content (AvgIpc) is 3.31. The number of nitrogens with one attached hydrogen (secondary N) is 1. The molecule has 4 heterocycles. The van der Waals surface area contributed by atoms with Crippen LogP contribution in [0.1, 0.15) is 6.92 Å². The number of hydrogen-bond donors (Lipinski definition) is 1. The van der Waals surface area contributed by atoms with Crippen LogP contribution in [-0.4, -0.2) is 68.1 Å². The molecule has 12 heteroatoms. The van der Waals surface area contributed by atoms with Crippen LogP contribution in [0.2, 0.25) is 0 Å². The van der Waals surface area contributed by atoms with Crippen molar-refractivity contribution in [3.8, 4) is 5.75 Å². The first-order chi connectivity index (χ1) is 17.9. The molecule has 0 aliphatic carbocycles. The number of rotatable bonds is 8. The van der Waals surface area contributed by atoms with Gasteiger partial charge in [-0.3, -0.25) is 14.3 Å². The first-order valence-corrected chi connectivity index (χ1v) is 13.2. The minimum atomic E-state index is -0.470. The minimum Gasteiger partial charge on any atom is -0.497 e. The van der Waals surface area contributed by atoms with E-state index in [4.69, 9.17) is 9.72 Å². The Labute approximate surface area is 218 Å². The third kappa shape index (κ3) is 5.19. The first kappa shape index (κ1) is 24.9. The number of aromatic amines is 1. The summed E-state index contributed by atoms with van der Waals surface area (Å²) >= 11 is 1.58. The predicted octanol–water partition coefficient (Wildman–Crippen LogP) is 1.98. The average molecular weight is 523 g/mol. The van der Waals surface area contributed by atoms with Crippen molar-refractivity contribution < 1.29 is 4.74 Å². The van der Waals surface area contributed by atoms with Gasteiger partial charge in [-0.05, 0) is 36.2 Å². The van der Waals surface area contributed by atoms with Crippen LogP contribution < -0.4 is 25.8 Å². The molecule has 194 valence electrons. The van der Waals surface area contributed by atoms with Gasteiger partial charge in [-0.15, -0.1) is 0 Å². The fraction of sp³-hybridized carbons (Fsp3) is 0.400. The molecule has 0 radical (unpaired) electrons. The SMILES string of the molecule is COc1ccc(N2CCN(c3nc4c(c(=O)[nH]c(=O)n4C)n3CC(C)CSc3ncccn3)CC2)cc1. The Morgan fingerprint density at radius 1 is 1.05 bits per heavy atom. The smallest absolute Gasteiger partial charge is 0.329 e. The van der Waals surface area contributed by atoms with Gasteiger partial charge >= 0.3 is 5.69 Å². The molecule has 0 spiro atoms. The molecule has 1 saturated heterocycles. The molecule has 11 nitrogen and oxygen atoms in total.